The smallest absolute Gasteiger partial charge is 0.399 e. The zero-order valence-corrected chi connectivity index (χ0v) is 15.3. The van der Waals surface area contributed by atoms with E-state index in [-0.39, 0.29) is 17.1 Å². The van der Waals surface area contributed by atoms with Crippen molar-refractivity contribution in [2.75, 3.05) is 0 Å². The molecule has 1 N–H and O–H groups in total. The van der Waals surface area contributed by atoms with Crippen LogP contribution in [0.4, 0.5) is 0 Å². The third kappa shape index (κ3) is 3.49. The number of amides is 1. The van der Waals surface area contributed by atoms with Crippen LogP contribution in [0.2, 0.25) is 0 Å². The fourth-order valence-corrected chi connectivity index (χ4v) is 3.89. The SMILES string of the molecule is CC1(C)OB(c2csc(C(=O)NC3CCCCC3)c2)OC1(C)C. The fourth-order valence-electron chi connectivity index (χ4n) is 3.08. The summed E-state index contributed by atoms with van der Waals surface area (Å²) in [7, 11) is -0.396. The molecule has 1 aliphatic heterocycles. The van der Waals surface area contributed by atoms with Crippen LogP contribution in [0.1, 0.15) is 69.5 Å². The number of thiophene rings is 1. The first-order chi connectivity index (χ1) is 10.8. The van der Waals surface area contributed by atoms with E-state index in [0.29, 0.717) is 6.04 Å². The number of carbonyl (C=O) groups excluding carboxylic acids is 1. The third-order valence-corrected chi connectivity index (χ3v) is 6.26. The summed E-state index contributed by atoms with van der Waals surface area (Å²) in [5.74, 6) is 0.0321. The summed E-state index contributed by atoms with van der Waals surface area (Å²) < 4.78 is 12.1. The Balaban J connectivity index is 1.65. The summed E-state index contributed by atoms with van der Waals surface area (Å²) in [5, 5.41) is 5.13. The zero-order valence-electron chi connectivity index (χ0n) is 14.5. The van der Waals surface area contributed by atoms with Gasteiger partial charge in [-0.2, -0.15) is 0 Å². The van der Waals surface area contributed by atoms with Gasteiger partial charge in [0.15, 0.2) is 0 Å². The number of rotatable bonds is 3. The van der Waals surface area contributed by atoms with E-state index >= 15 is 0 Å². The second kappa shape index (κ2) is 6.23. The van der Waals surface area contributed by atoms with Gasteiger partial charge in [-0.05, 0) is 57.4 Å². The summed E-state index contributed by atoms with van der Waals surface area (Å²) in [6.07, 6.45) is 5.92. The van der Waals surface area contributed by atoms with Crippen molar-refractivity contribution in [2.45, 2.75) is 77.0 Å². The Morgan fingerprint density at radius 3 is 2.39 bits per heavy atom. The predicted octanol–water partition coefficient (Wildman–Crippen LogP) is 3.11. The van der Waals surface area contributed by atoms with E-state index in [1.165, 1.54) is 30.6 Å². The number of hydrogen-bond acceptors (Lipinski definition) is 4. The largest absolute Gasteiger partial charge is 0.495 e. The van der Waals surface area contributed by atoms with E-state index in [1.54, 1.807) is 0 Å². The minimum Gasteiger partial charge on any atom is -0.399 e. The maximum absolute atomic E-state index is 12.4. The van der Waals surface area contributed by atoms with Crippen LogP contribution in [-0.2, 0) is 9.31 Å². The van der Waals surface area contributed by atoms with Gasteiger partial charge in [-0.15, -0.1) is 11.3 Å². The minimum absolute atomic E-state index is 0.0321. The Labute approximate surface area is 143 Å². The van der Waals surface area contributed by atoms with Crippen LogP contribution in [0.5, 0.6) is 0 Å². The van der Waals surface area contributed by atoms with Crippen LogP contribution in [0.25, 0.3) is 0 Å². The molecule has 1 aromatic heterocycles. The standard InChI is InChI=1S/C17H26BNO3S/c1-16(2)17(3,4)22-18(21-16)12-10-14(23-11-12)15(20)19-13-8-6-5-7-9-13/h10-11,13H,5-9H2,1-4H3,(H,19,20). The summed E-state index contributed by atoms with van der Waals surface area (Å²) in [6.45, 7) is 8.15. The van der Waals surface area contributed by atoms with Crippen LogP contribution >= 0.6 is 11.3 Å². The molecule has 1 amide bonds. The van der Waals surface area contributed by atoms with Gasteiger partial charge in [-0.25, -0.2) is 0 Å². The average molecular weight is 335 g/mol. The van der Waals surface area contributed by atoms with Crippen LogP contribution in [-0.4, -0.2) is 30.3 Å². The number of carbonyl (C=O) groups is 1. The fraction of sp³-hybridized carbons (Fsp3) is 0.706. The molecular formula is C17H26BNO3S. The second-order valence-electron chi connectivity index (χ2n) is 7.64. The lowest BCUT2D eigenvalue weighted by Crippen LogP contribution is -2.41. The molecule has 2 aliphatic rings. The molecule has 3 rings (SSSR count). The van der Waals surface area contributed by atoms with Crippen molar-refractivity contribution in [3.8, 4) is 0 Å². The summed E-state index contributed by atoms with van der Waals surface area (Å²) in [5.41, 5.74) is 0.219. The van der Waals surface area contributed by atoms with Crippen LogP contribution in [0.15, 0.2) is 11.4 Å². The molecule has 126 valence electrons. The molecule has 0 spiro atoms. The van der Waals surface area contributed by atoms with Crippen molar-refractivity contribution >= 4 is 29.8 Å². The molecule has 0 bridgehead atoms. The Hall–Kier alpha value is -0.845. The van der Waals surface area contributed by atoms with E-state index in [0.717, 1.165) is 23.2 Å². The molecule has 0 unspecified atom stereocenters. The van der Waals surface area contributed by atoms with E-state index in [1.807, 2.05) is 39.1 Å². The van der Waals surface area contributed by atoms with Gasteiger partial charge in [0.1, 0.15) is 0 Å². The van der Waals surface area contributed by atoms with Gasteiger partial charge < -0.3 is 14.6 Å². The van der Waals surface area contributed by atoms with Crippen molar-refractivity contribution in [2.24, 2.45) is 0 Å². The molecule has 2 heterocycles. The van der Waals surface area contributed by atoms with Crippen molar-refractivity contribution in [1.82, 2.24) is 5.32 Å². The molecule has 1 aromatic rings. The lowest BCUT2D eigenvalue weighted by molar-refractivity contribution is 0.00578. The topological polar surface area (TPSA) is 47.6 Å². The van der Waals surface area contributed by atoms with Crippen molar-refractivity contribution < 1.29 is 14.1 Å². The highest BCUT2D eigenvalue weighted by molar-refractivity contribution is 7.13. The molecular weight excluding hydrogens is 309 g/mol. The highest BCUT2D eigenvalue weighted by Crippen LogP contribution is 2.36. The summed E-state index contributed by atoms with van der Waals surface area (Å²) in [6, 6.07) is 2.24. The van der Waals surface area contributed by atoms with Gasteiger partial charge in [0.2, 0.25) is 0 Å². The maximum atomic E-state index is 12.4. The zero-order chi connectivity index (χ0) is 16.7. The van der Waals surface area contributed by atoms with E-state index < -0.39 is 7.12 Å². The molecule has 1 aliphatic carbocycles. The van der Waals surface area contributed by atoms with Gasteiger partial charge in [-0.3, -0.25) is 4.79 Å². The first kappa shape index (κ1) is 17.0. The molecule has 2 fully saturated rings. The molecule has 1 saturated carbocycles. The maximum Gasteiger partial charge on any atom is 0.495 e. The van der Waals surface area contributed by atoms with Gasteiger partial charge in [0, 0.05) is 6.04 Å². The van der Waals surface area contributed by atoms with E-state index in [9.17, 15) is 4.79 Å². The first-order valence-electron chi connectivity index (χ1n) is 8.53. The van der Waals surface area contributed by atoms with Crippen molar-refractivity contribution in [3.05, 3.63) is 16.3 Å². The third-order valence-electron chi connectivity index (χ3n) is 5.31. The summed E-state index contributed by atoms with van der Waals surface area (Å²) in [4.78, 5) is 13.1. The Bertz CT molecular complexity index is 562. The average Bonchev–Trinajstić information content (AvgIpc) is 3.03. The minimum atomic E-state index is -0.396. The quantitative estimate of drug-likeness (QED) is 0.864. The molecule has 4 nitrogen and oxygen atoms in total. The molecule has 23 heavy (non-hydrogen) atoms. The lowest BCUT2D eigenvalue weighted by Gasteiger charge is -2.32. The molecule has 0 aromatic carbocycles. The second-order valence-corrected chi connectivity index (χ2v) is 8.55. The first-order valence-corrected chi connectivity index (χ1v) is 9.41. The van der Waals surface area contributed by atoms with Crippen LogP contribution in [0, 0.1) is 0 Å². The number of nitrogens with one attached hydrogen (secondary N) is 1. The Morgan fingerprint density at radius 2 is 1.78 bits per heavy atom. The highest BCUT2D eigenvalue weighted by Gasteiger charge is 2.52. The van der Waals surface area contributed by atoms with Crippen molar-refractivity contribution in [1.29, 1.82) is 0 Å². The van der Waals surface area contributed by atoms with E-state index in [2.05, 4.69) is 5.32 Å². The molecule has 0 radical (unpaired) electrons. The highest BCUT2D eigenvalue weighted by atomic mass is 32.1. The van der Waals surface area contributed by atoms with Crippen LogP contribution in [0.3, 0.4) is 0 Å². The van der Waals surface area contributed by atoms with Gasteiger partial charge >= 0.3 is 7.12 Å². The van der Waals surface area contributed by atoms with Gasteiger partial charge in [0.05, 0.1) is 16.1 Å². The lowest BCUT2D eigenvalue weighted by atomic mass is 9.81. The molecule has 1 saturated heterocycles. The van der Waals surface area contributed by atoms with Gasteiger partial charge in [0.25, 0.3) is 5.91 Å². The van der Waals surface area contributed by atoms with Crippen LogP contribution < -0.4 is 10.8 Å². The predicted molar refractivity (Wildman–Crippen MR) is 94.4 cm³/mol. The van der Waals surface area contributed by atoms with Gasteiger partial charge in [-0.1, -0.05) is 19.3 Å². The number of hydrogen-bond donors (Lipinski definition) is 1. The van der Waals surface area contributed by atoms with E-state index in [4.69, 9.17) is 9.31 Å². The Morgan fingerprint density at radius 1 is 1.17 bits per heavy atom. The normalized spacial score (nSPS) is 23.9. The molecule has 0 atom stereocenters. The summed E-state index contributed by atoms with van der Waals surface area (Å²) >= 11 is 1.46. The Kier molecular flexibility index (Phi) is 4.60. The van der Waals surface area contributed by atoms with Crippen molar-refractivity contribution in [3.63, 3.8) is 0 Å². The monoisotopic (exact) mass is 335 g/mol. The molecule has 6 heteroatoms.